The van der Waals surface area contributed by atoms with Gasteiger partial charge in [-0.2, -0.15) is 11.8 Å². The number of carboxylic acids is 1. The maximum absolute atomic E-state index is 13.7. The zero-order valence-electron chi connectivity index (χ0n) is 20.9. The molecule has 5 rings (SSSR count). The Balaban J connectivity index is 1.34. The second-order valence-corrected chi connectivity index (χ2v) is 11.3. The summed E-state index contributed by atoms with van der Waals surface area (Å²) in [5.74, 6) is -1.66. The minimum atomic E-state index is -0.908. The molecule has 1 aliphatic rings. The second-order valence-electron chi connectivity index (χ2n) is 10.1. The fraction of sp³-hybridized carbons (Fsp3) is 0.250. The fourth-order valence-electron chi connectivity index (χ4n) is 4.71. The molecule has 1 heterocycles. The maximum atomic E-state index is 13.7. The summed E-state index contributed by atoms with van der Waals surface area (Å²) in [5, 5.41) is 10.1. The first-order valence-corrected chi connectivity index (χ1v) is 13.9. The Morgan fingerprint density at radius 1 is 0.974 bits per heavy atom. The molecule has 38 heavy (non-hydrogen) atoms. The Morgan fingerprint density at radius 3 is 2.53 bits per heavy atom. The first-order chi connectivity index (χ1) is 18.4. The SMILES string of the molecule is O=C(O)CC1(CS[C@H](CCc2ccccc2)c2cccc(/C=C/c3ccc4cc(F)c(F)cc4n3)c2)CC1. The quantitative estimate of drug-likeness (QED) is 0.212. The van der Waals surface area contributed by atoms with Gasteiger partial charge < -0.3 is 5.11 Å². The third-order valence-electron chi connectivity index (χ3n) is 7.09. The summed E-state index contributed by atoms with van der Waals surface area (Å²) in [5.41, 5.74) is 4.53. The van der Waals surface area contributed by atoms with Crippen LogP contribution in [0.5, 0.6) is 0 Å². The number of hydrogen-bond donors (Lipinski definition) is 1. The topological polar surface area (TPSA) is 50.2 Å². The van der Waals surface area contributed by atoms with Crippen LogP contribution in [0.25, 0.3) is 23.1 Å². The van der Waals surface area contributed by atoms with Crippen LogP contribution in [0.1, 0.15) is 53.3 Å². The van der Waals surface area contributed by atoms with Crippen molar-refractivity contribution in [2.24, 2.45) is 5.41 Å². The van der Waals surface area contributed by atoms with Crippen molar-refractivity contribution in [3.8, 4) is 0 Å². The Bertz CT molecular complexity index is 1470. The molecule has 1 aliphatic carbocycles. The van der Waals surface area contributed by atoms with E-state index in [1.807, 2.05) is 42.1 Å². The number of halogens is 2. The average molecular weight is 530 g/mol. The van der Waals surface area contributed by atoms with E-state index in [9.17, 15) is 18.7 Å². The molecule has 3 aromatic carbocycles. The number of carbonyl (C=O) groups is 1. The van der Waals surface area contributed by atoms with E-state index >= 15 is 0 Å². The first-order valence-electron chi connectivity index (χ1n) is 12.8. The van der Waals surface area contributed by atoms with Crippen molar-refractivity contribution in [2.75, 3.05) is 5.75 Å². The molecular weight excluding hydrogens is 500 g/mol. The number of thioether (sulfide) groups is 1. The molecule has 194 valence electrons. The largest absolute Gasteiger partial charge is 0.481 e. The van der Waals surface area contributed by atoms with Crippen LogP contribution in [0.2, 0.25) is 0 Å². The van der Waals surface area contributed by atoms with Crippen LogP contribution in [0.4, 0.5) is 8.78 Å². The van der Waals surface area contributed by atoms with Gasteiger partial charge in [-0.1, -0.05) is 66.7 Å². The van der Waals surface area contributed by atoms with Gasteiger partial charge in [-0.05, 0) is 66.0 Å². The fourth-order valence-corrected chi connectivity index (χ4v) is 6.28. The van der Waals surface area contributed by atoms with Gasteiger partial charge >= 0.3 is 5.97 Å². The van der Waals surface area contributed by atoms with Crippen LogP contribution < -0.4 is 0 Å². The number of benzene rings is 3. The van der Waals surface area contributed by atoms with Crippen LogP contribution in [0.15, 0.2) is 78.9 Å². The summed E-state index contributed by atoms with van der Waals surface area (Å²) in [6.45, 7) is 0. The van der Waals surface area contributed by atoms with Crippen molar-refractivity contribution in [1.29, 1.82) is 0 Å². The second kappa shape index (κ2) is 11.5. The smallest absolute Gasteiger partial charge is 0.303 e. The van der Waals surface area contributed by atoms with E-state index in [-0.39, 0.29) is 17.1 Å². The molecule has 1 N–H and O–H groups in total. The number of hydrogen-bond acceptors (Lipinski definition) is 3. The summed E-state index contributed by atoms with van der Waals surface area (Å²) in [6.07, 6.45) is 7.96. The van der Waals surface area contributed by atoms with E-state index < -0.39 is 17.6 Å². The molecule has 0 spiro atoms. The molecule has 1 atom stereocenters. The zero-order valence-corrected chi connectivity index (χ0v) is 21.8. The minimum absolute atomic E-state index is 0.0663. The molecule has 1 aromatic heterocycles. The van der Waals surface area contributed by atoms with Gasteiger partial charge in [0, 0.05) is 22.5 Å². The highest BCUT2D eigenvalue weighted by molar-refractivity contribution is 7.99. The lowest BCUT2D eigenvalue weighted by Crippen LogP contribution is -2.12. The molecule has 6 heteroatoms. The lowest BCUT2D eigenvalue weighted by Gasteiger charge is -2.21. The molecule has 0 unspecified atom stereocenters. The van der Waals surface area contributed by atoms with E-state index in [0.717, 1.165) is 49.1 Å². The van der Waals surface area contributed by atoms with Crippen LogP contribution in [-0.4, -0.2) is 21.8 Å². The Labute approximate surface area is 225 Å². The predicted octanol–water partition coefficient (Wildman–Crippen LogP) is 8.35. The van der Waals surface area contributed by atoms with E-state index in [0.29, 0.717) is 16.6 Å². The highest BCUT2D eigenvalue weighted by Gasteiger charge is 2.44. The number of carboxylic acid groups (broad SMARTS) is 1. The van der Waals surface area contributed by atoms with Crippen LogP contribution in [-0.2, 0) is 11.2 Å². The van der Waals surface area contributed by atoms with E-state index in [1.54, 1.807) is 12.1 Å². The Morgan fingerprint density at radius 2 is 1.76 bits per heavy atom. The van der Waals surface area contributed by atoms with Gasteiger partial charge in [0.2, 0.25) is 0 Å². The van der Waals surface area contributed by atoms with Gasteiger partial charge in [-0.3, -0.25) is 4.79 Å². The third kappa shape index (κ3) is 6.67. The summed E-state index contributed by atoms with van der Waals surface area (Å²) >= 11 is 1.87. The van der Waals surface area contributed by atoms with Gasteiger partial charge in [-0.15, -0.1) is 0 Å². The molecule has 1 fully saturated rings. The van der Waals surface area contributed by atoms with E-state index in [4.69, 9.17) is 0 Å². The number of aryl methyl sites for hydroxylation is 1. The predicted molar refractivity (Wildman–Crippen MR) is 151 cm³/mol. The van der Waals surface area contributed by atoms with Crippen molar-refractivity contribution >= 4 is 40.8 Å². The third-order valence-corrected chi connectivity index (χ3v) is 8.78. The van der Waals surface area contributed by atoms with Crippen molar-refractivity contribution < 1.29 is 18.7 Å². The normalized spacial score (nSPS) is 15.1. The summed E-state index contributed by atoms with van der Waals surface area (Å²) in [4.78, 5) is 15.8. The van der Waals surface area contributed by atoms with E-state index in [2.05, 4.69) is 41.4 Å². The van der Waals surface area contributed by atoms with Crippen molar-refractivity contribution in [1.82, 2.24) is 4.98 Å². The number of aromatic nitrogens is 1. The maximum Gasteiger partial charge on any atom is 0.303 e. The summed E-state index contributed by atoms with van der Waals surface area (Å²) in [7, 11) is 0. The molecular formula is C32H29F2NO2S. The highest BCUT2D eigenvalue weighted by atomic mass is 32.2. The molecule has 0 amide bonds. The molecule has 1 saturated carbocycles. The average Bonchev–Trinajstić information content (AvgIpc) is 3.67. The highest BCUT2D eigenvalue weighted by Crippen LogP contribution is 2.53. The van der Waals surface area contributed by atoms with Crippen LogP contribution in [0.3, 0.4) is 0 Å². The van der Waals surface area contributed by atoms with Gasteiger partial charge in [0.25, 0.3) is 0 Å². The lowest BCUT2D eigenvalue weighted by molar-refractivity contribution is -0.138. The van der Waals surface area contributed by atoms with E-state index in [1.165, 1.54) is 11.1 Å². The van der Waals surface area contributed by atoms with Crippen molar-refractivity contribution in [3.63, 3.8) is 0 Å². The molecule has 0 bridgehead atoms. The van der Waals surface area contributed by atoms with Gasteiger partial charge in [0.05, 0.1) is 17.6 Å². The van der Waals surface area contributed by atoms with Crippen molar-refractivity contribution in [3.05, 3.63) is 113 Å². The van der Waals surface area contributed by atoms with Crippen molar-refractivity contribution in [2.45, 2.75) is 37.4 Å². The van der Waals surface area contributed by atoms with Gasteiger partial charge in [0.15, 0.2) is 11.6 Å². The summed E-state index contributed by atoms with van der Waals surface area (Å²) < 4.78 is 27.2. The van der Waals surface area contributed by atoms with Gasteiger partial charge in [0.1, 0.15) is 0 Å². The van der Waals surface area contributed by atoms with Gasteiger partial charge in [-0.25, -0.2) is 13.8 Å². The molecule has 0 aliphatic heterocycles. The molecule has 0 radical (unpaired) electrons. The zero-order chi connectivity index (χ0) is 26.5. The van der Waals surface area contributed by atoms with Crippen LogP contribution >= 0.6 is 11.8 Å². The number of nitrogens with zero attached hydrogens (tertiary/aromatic N) is 1. The Hall–Kier alpha value is -3.51. The number of fused-ring (bicyclic) bond motifs is 1. The molecule has 3 nitrogen and oxygen atoms in total. The summed E-state index contributed by atoms with van der Waals surface area (Å²) in [6, 6.07) is 24.6. The minimum Gasteiger partial charge on any atom is -0.481 e. The number of pyridine rings is 1. The standard InChI is InChI=1S/C32H29F2NO2S/c33-27-18-24-11-13-26(35-29(24)19-28(27)34)12-9-23-7-4-8-25(17-23)30(14-10-22-5-2-1-3-6-22)38-21-32(15-16-32)20-31(36)37/h1-9,11-13,17-19,30H,10,14-16,20-21H2,(H,36,37)/b12-9+/t30-/m1/s1. The lowest BCUT2D eigenvalue weighted by atomic mass is 10.0. The number of aliphatic carboxylic acids is 1. The molecule has 0 saturated heterocycles. The Kier molecular flexibility index (Phi) is 7.89. The first kappa shape index (κ1) is 26.1. The van der Waals surface area contributed by atoms with Crippen LogP contribution in [0, 0.1) is 17.0 Å². The molecule has 4 aromatic rings. The number of rotatable bonds is 11. The monoisotopic (exact) mass is 529 g/mol.